The van der Waals surface area contributed by atoms with Crippen LogP contribution in [0.1, 0.15) is 0 Å². The van der Waals surface area contributed by atoms with Crippen LogP contribution in [0, 0.1) is 0 Å². The maximum atomic E-state index is 2.41. The zero-order chi connectivity index (χ0) is 35.8. The van der Waals surface area contributed by atoms with Crippen molar-refractivity contribution in [3.05, 3.63) is 212 Å². The molecule has 1 heterocycles. The predicted molar refractivity (Wildman–Crippen MR) is 233 cm³/mol. The number of fused-ring (bicyclic) bond motifs is 4. The van der Waals surface area contributed by atoms with Crippen molar-refractivity contribution in [1.82, 2.24) is 0 Å². The maximum Gasteiger partial charge on any atom is 0.0540 e. The van der Waals surface area contributed by atoms with E-state index in [1.807, 2.05) is 11.3 Å². The molecule has 2 heteroatoms. The Balaban J connectivity index is 1.03. The summed E-state index contributed by atoms with van der Waals surface area (Å²) >= 11 is 1.85. The fourth-order valence-electron chi connectivity index (χ4n) is 7.74. The van der Waals surface area contributed by atoms with Gasteiger partial charge in [-0.15, -0.1) is 11.3 Å². The molecule has 0 saturated carbocycles. The Kier molecular flexibility index (Phi) is 8.09. The zero-order valence-electron chi connectivity index (χ0n) is 29.6. The fraction of sp³-hybridized carbons (Fsp3) is 0. The van der Waals surface area contributed by atoms with Gasteiger partial charge in [-0.2, -0.15) is 0 Å². The second-order valence-electron chi connectivity index (χ2n) is 13.8. The predicted octanol–water partition coefficient (Wildman–Crippen LogP) is 15.3. The summed E-state index contributed by atoms with van der Waals surface area (Å²) < 4.78 is 2.61. The molecule has 1 nitrogen and oxygen atoms in total. The van der Waals surface area contributed by atoms with E-state index in [0.717, 1.165) is 17.1 Å². The van der Waals surface area contributed by atoms with E-state index in [9.17, 15) is 0 Å². The number of hydrogen-bond donors (Lipinski definition) is 0. The standard InChI is InChI=1S/C52H35NS/c1-2-13-38(14-3-1)47-20-6-8-22-50(47)53(46-30-31-52-49(35-46)48-21-7-9-23-51(48)54-52)45-28-26-37(27-29-45)40-16-10-17-41(32-40)42-18-11-19-43(34-42)44-25-24-36-12-4-5-15-39(36)33-44/h1-35H. The lowest BCUT2D eigenvalue weighted by Crippen LogP contribution is -2.11. The number of nitrogens with zero attached hydrogens (tertiary/aromatic N) is 1. The van der Waals surface area contributed by atoms with Crippen molar-refractivity contribution in [2.45, 2.75) is 0 Å². The molecule has 1 aromatic heterocycles. The average molecular weight is 706 g/mol. The van der Waals surface area contributed by atoms with E-state index in [1.165, 1.54) is 75.5 Å². The maximum absolute atomic E-state index is 2.41. The Bertz CT molecular complexity index is 2940. The minimum atomic E-state index is 1.11. The molecule has 0 aliphatic rings. The van der Waals surface area contributed by atoms with Crippen LogP contribution in [0.4, 0.5) is 17.1 Å². The minimum absolute atomic E-state index is 1.11. The van der Waals surface area contributed by atoms with Gasteiger partial charge in [0.1, 0.15) is 0 Å². The first-order valence-electron chi connectivity index (χ1n) is 18.4. The molecule has 9 aromatic carbocycles. The smallest absolute Gasteiger partial charge is 0.0540 e. The van der Waals surface area contributed by atoms with Crippen LogP contribution < -0.4 is 4.90 Å². The van der Waals surface area contributed by atoms with Crippen LogP contribution >= 0.6 is 11.3 Å². The summed E-state index contributed by atoms with van der Waals surface area (Å²) in [6, 6.07) is 77.2. The van der Waals surface area contributed by atoms with E-state index >= 15 is 0 Å². The lowest BCUT2D eigenvalue weighted by molar-refractivity contribution is 1.29. The highest BCUT2D eigenvalue weighted by Crippen LogP contribution is 2.44. The summed E-state index contributed by atoms with van der Waals surface area (Å²) in [6.45, 7) is 0. The molecule has 0 saturated heterocycles. The quantitative estimate of drug-likeness (QED) is 0.160. The van der Waals surface area contributed by atoms with Crippen molar-refractivity contribution in [2.24, 2.45) is 0 Å². The van der Waals surface area contributed by atoms with Crippen molar-refractivity contribution in [3.63, 3.8) is 0 Å². The molecule has 0 aliphatic heterocycles. The molecular weight excluding hydrogens is 671 g/mol. The van der Waals surface area contributed by atoms with Gasteiger partial charge >= 0.3 is 0 Å². The van der Waals surface area contributed by atoms with Gasteiger partial charge in [0.15, 0.2) is 0 Å². The first-order valence-corrected chi connectivity index (χ1v) is 19.2. The third kappa shape index (κ3) is 5.93. The second-order valence-corrected chi connectivity index (χ2v) is 14.9. The SMILES string of the molecule is c1ccc(-c2ccccc2N(c2ccc(-c3cccc(-c4cccc(-c5ccc6ccccc6c5)c4)c3)cc2)c2ccc3sc4ccccc4c3c2)cc1. The molecule has 0 bridgehead atoms. The normalized spacial score (nSPS) is 11.3. The third-order valence-electron chi connectivity index (χ3n) is 10.4. The summed E-state index contributed by atoms with van der Waals surface area (Å²) in [5.74, 6) is 0. The monoisotopic (exact) mass is 705 g/mol. The summed E-state index contributed by atoms with van der Waals surface area (Å²) in [7, 11) is 0. The van der Waals surface area contributed by atoms with Crippen LogP contribution in [0.25, 0.3) is 75.5 Å². The van der Waals surface area contributed by atoms with E-state index in [-0.39, 0.29) is 0 Å². The lowest BCUT2D eigenvalue weighted by atomic mass is 9.95. The van der Waals surface area contributed by atoms with E-state index in [1.54, 1.807) is 0 Å². The highest BCUT2D eigenvalue weighted by molar-refractivity contribution is 7.25. The summed E-state index contributed by atoms with van der Waals surface area (Å²) in [5, 5.41) is 5.10. The second kappa shape index (κ2) is 13.7. The average Bonchev–Trinajstić information content (AvgIpc) is 3.63. The molecule has 10 rings (SSSR count). The highest BCUT2D eigenvalue weighted by Gasteiger charge is 2.19. The van der Waals surface area contributed by atoms with Crippen LogP contribution in [0.3, 0.4) is 0 Å². The number of anilines is 3. The van der Waals surface area contributed by atoms with Crippen molar-refractivity contribution in [1.29, 1.82) is 0 Å². The Hall–Kier alpha value is -6.74. The van der Waals surface area contributed by atoms with Crippen molar-refractivity contribution >= 4 is 59.3 Å². The van der Waals surface area contributed by atoms with Gasteiger partial charge in [0.2, 0.25) is 0 Å². The summed E-state index contributed by atoms with van der Waals surface area (Å²) in [6.07, 6.45) is 0. The largest absolute Gasteiger partial charge is 0.310 e. The Morgan fingerprint density at radius 2 is 0.852 bits per heavy atom. The zero-order valence-corrected chi connectivity index (χ0v) is 30.4. The van der Waals surface area contributed by atoms with Crippen LogP contribution in [-0.4, -0.2) is 0 Å². The van der Waals surface area contributed by atoms with Gasteiger partial charge in [0, 0.05) is 37.1 Å². The summed E-state index contributed by atoms with van der Waals surface area (Å²) in [5.41, 5.74) is 13.0. The van der Waals surface area contributed by atoms with Crippen LogP contribution in [0.5, 0.6) is 0 Å². The van der Waals surface area contributed by atoms with E-state index in [4.69, 9.17) is 0 Å². The first-order chi connectivity index (χ1) is 26.7. The Morgan fingerprint density at radius 3 is 1.63 bits per heavy atom. The van der Waals surface area contributed by atoms with E-state index in [2.05, 4.69) is 217 Å². The van der Waals surface area contributed by atoms with Crippen LogP contribution in [-0.2, 0) is 0 Å². The molecule has 0 radical (unpaired) electrons. The molecule has 254 valence electrons. The van der Waals surface area contributed by atoms with Gasteiger partial charge < -0.3 is 4.90 Å². The number of para-hydroxylation sites is 1. The molecule has 0 N–H and O–H groups in total. The lowest BCUT2D eigenvalue weighted by Gasteiger charge is -2.28. The van der Waals surface area contributed by atoms with Crippen molar-refractivity contribution < 1.29 is 0 Å². The molecule has 0 fully saturated rings. The topological polar surface area (TPSA) is 3.24 Å². The van der Waals surface area contributed by atoms with Gasteiger partial charge in [-0.1, -0.05) is 152 Å². The van der Waals surface area contributed by atoms with Gasteiger partial charge in [-0.25, -0.2) is 0 Å². The number of hydrogen-bond acceptors (Lipinski definition) is 2. The van der Waals surface area contributed by atoms with Gasteiger partial charge in [-0.3, -0.25) is 0 Å². The molecule has 0 unspecified atom stereocenters. The van der Waals surface area contributed by atoms with Crippen molar-refractivity contribution in [3.8, 4) is 44.5 Å². The molecule has 0 spiro atoms. The Labute approximate surface area is 319 Å². The molecular formula is C52H35NS. The molecule has 10 aromatic rings. The number of benzene rings is 9. The van der Waals surface area contributed by atoms with E-state index < -0.39 is 0 Å². The van der Waals surface area contributed by atoms with E-state index in [0.29, 0.717) is 0 Å². The van der Waals surface area contributed by atoms with Gasteiger partial charge in [-0.05, 0) is 110 Å². The van der Waals surface area contributed by atoms with Crippen LogP contribution in [0.15, 0.2) is 212 Å². The third-order valence-corrected chi connectivity index (χ3v) is 11.6. The number of rotatable bonds is 7. The molecule has 0 amide bonds. The fourth-order valence-corrected chi connectivity index (χ4v) is 8.83. The van der Waals surface area contributed by atoms with Crippen LogP contribution in [0.2, 0.25) is 0 Å². The highest BCUT2D eigenvalue weighted by atomic mass is 32.1. The van der Waals surface area contributed by atoms with Crippen molar-refractivity contribution in [2.75, 3.05) is 4.90 Å². The van der Waals surface area contributed by atoms with Gasteiger partial charge in [0.05, 0.1) is 5.69 Å². The minimum Gasteiger partial charge on any atom is -0.310 e. The number of thiophene rings is 1. The molecule has 0 atom stereocenters. The Morgan fingerprint density at radius 1 is 0.296 bits per heavy atom. The molecule has 54 heavy (non-hydrogen) atoms. The molecule has 0 aliphatic carbocycles. The summed E-state index contributed by atoms with van der Waals surface area (Å²) in [4.78, 5) is 2.41. The first kappa shape index (κ1) is 32.0. The van der Waals surface area contributed by atoms with Gasteiger partial charge in [0.25, 0.3) is 0 Å².